The van der Waals surface area contributed by atoms with Crippen LogP contribution in [0.2, 0.25) is 0 Å². The van der Waals surface area contributed by atoms with E-state index < -0.39 is 10.0 Å². The van der Waals surface area contributed by atoms with Crippen LogP contribution in [0, 0.1) is 6.92 Å². The molecule has 1 fully saturated rings. The first-order valence-corrected chi connectivity index (χ1v) is 11.5. The molecule has 28 heavy (non-hydrogen) atoms. The molecule has 1 aliphatic rings. The monoisotopic (exact) mass is 418 g/mol. The first-order valence-electron chi connectivity index (χ1n) is 9.21. The van der Waals surface area contributed by atoms with Crippen molar-refractivity contribution >= 4 is 43.2 Å². The number of fused-ring (bicyclic) bond motifs is 1. The lowest BCUT2D eigenvalue weighted by molar-refractivity contribution is 0.103. The Kier molecular flexibility index (Phi) is 4.98. The standard InChI is InChI=1S/C19H22N4O3S2/c1-13-16-12-17(27-19(16)22(2)21-13)18(24)20-14-6-8-15(9-7-14)28(25,26)23-10-4-3-5-11-23/h6-9,12H,3-5,10-11H2,1-2H3,(H,20,24). The number of aromatic nitrogens is 2. The lowest BCUT2D eigenvalue weighted by atomic mass is 10.2. The lowest BCUT2D eigenvalue weighted by Crippen LogP contribution is -2.35. The molecule has 3 heterocycles. The van der Waals surface area contributed by atoms with E-state index in [0.29, 0.717) is 23.7 Å². The molecular weight excluding hydrogens is 396 g/mol. The average molecular weight is 419 g/mol. The minimum Gasteiger partial charge on any atom is -0.321 e. The van der Waals surface area contributed by atoms with Gasteiger partial charge in [-0.1, -0.05) is 6.42 Å². The summed E-state index contributed by atoms with van der Waals surface area (Å²) in [4.78, 5) is 14.4. The molecule has 1 aliphatic heterocycles. The van der Waals surface area contributed by atoms with E-state index in [9.17, 15) is 13.2 Å². The molecule has 0 spiro atoms. The smallest absolute Gasteiger partial charge is 0.265 e. The molecule has 7 nitrogen and oxygen atoms in total. The molecule has 9 heteroatoms. The maximum atomic E-state index is 12.7. The number of amides is 1. The number of benzene rings is 1. The van der Waals surface area contributed by atoms with Crippen molar-refractivity contribution in [2.75, 3.05) is 18.4 Å². The zero-order valence-corrected chi connectivity index (χ0v) is 17.4. The normalized spacial score (nSPS) is 15.8. The summed E-state index contributed by atoms with van der Waals surface area (Å²) in [7, 11) is -1.61. The van der Waals surface area contributed by atoms with Crippen molar-refractivity contribution in [2.45, 2.75) is 31.1 Å². The summed E-state index contributed by atoms with van der Waals surface area (Å²) in [5.41, 5.74) is 1.45. The van der Waals surface area contributed by atoms with Crippen molar-refractivity contribution in [2.24, 2.45) is 7.05 Å². The van der Waals surface area contributed by atoms with Gasteiger partial charge in [0.15, 0.2) is 0 Å². The molecular formula is C19H22N4O3S2. The van der Waals surface area contributed by atoms with E-state index in [4.69, 9.17) is 0 Å². The van der Waals surface area contributed by atoms with Crippen molar-refractivity contribution in [3.63, 3.8) is 0 Å². The number of nitrogens with zero attached hydrogens (tertiary/aromatic N) is 3. The van der Waals surface area contributed by atoms with Gasteiger partial charge in [0.05, 0.1) is 15.5 Å². The minimum absolute atomic E-state index is 0.216. The van der Waals surface area contributed by atoms with Crippen LogP contribution in [0.4, 0.5) is 5.69 Å². The molecule has 3 aromatic rings. The fourth-order valence-electron chi connectivity index (χ4n) is 3.47. The Balaban J connectivity index is 1.50. The van der Waals surface area contributed by atoms with Crippen molar-refractivity contribution in [3.8, 4) is 0 Å². The molecule has 1 aromatic carbocycles. The van der Waals surface area contributed by atoms with E-state index in [1.54, 1.807) is 28.9 Å². The molecule has 0 radical (unpaired) electrons. The van der Waals surface area contributed by atoms with E-state index in [2.05, 4.69) is 10.4 Å². The third-order valence-electron chi connectivity index (χ3n) is 4.98. The zero-order valence-electron chi connectivity index (χ0n) is 15.8. The number of aryl methyl sites for hydroxylation is 2. The molecule has 2 aromatic heterocycles. The number of carbonyl (C=O) groups is 1. The molecule has 0 atom stereocenters. The molecule has 148 valence electrons. The fraction of sp³-hybridized carbons (Fsp3) is 0.368. The summed E-state index contributed by atoms with van der Waals surface area (Å²) >= 11 is 1.38. The maximum Gasteiger partial charge on any atom is 0.265 e. The van der Waals surface area contributed by atoms with Gasteiger partial charge in [0.1, 0.15) is 4.83 Å². The second-order valence-corrected chi connectivity index (χ2v) is 9.95. The topological polar surface area (TPSA) is 84.3 Å². The highest BCUT2D eigenvalue weighted by Crippen LogP contribution is 2.28. The predicted octanol–water partition coefficient (Wildman–Crippen LogP) is 3.37. The Morgan fingerprint density at radius 3 is 2.46 bits per heavy atom. The first-order chi connectivity index (χ1) is 13.4. The van der Waals surface area contributed by atoms with Crippen LogP contribution in [0.1, 0.15) is 34.6 Å². The summed E-state index contributed by atoms with van der Waals surface area (Å²) in [5, 5.41) is 8.15. The van der Waals surface area contributed by atoms with Gasteiger partial charge < -0.3 is 5.32 Å². The molecule has 1 amide bonds. The Morgan fingerprint density at radius 1 is 1.14 bits per heavy atom. The first kappa shape index (κ1) is 19.1. The average Bonchev–Trinajstić information content (AvgIpc) is 3.25. The van der Waals surface area contributed by atoms with Gasteiger partial charge in [-0.15, -0.1) is 11.3 Å². The zero-order chi connectivity index (χ0) is 19.9. The Morgan fingerprint density at radius 2 is 1.82 bits per heavy atom. The third-order valence-corrected chi connectivity index (χ3v) is 8.10. The molecule has 0 saturated carbocycles. The van der Waals surface area contributed by atoms with Gasteiger partial charge in [0.25, 0.3) is 5.91 Å². The molecule has 0 aliphatic carbocycles. The van der Waals surface area contributed by atoms with Gasteiger partial charge in [-0.05, 0) is 50.1 Å². The summed E-state index contributed by atoms with van der Waals surface area (Å²) in [6.07, 6.45) is 2.87. The summed E-state index contributed by atoms with van der Waals surface area (Å²) < 4.78 is 28.7. The minimum atomic E-state index is -3.47. The number of sulfonamides is 1. The Hall–Kier alpha value is -2.23. The van der Waals surface area contributed by atoms with Crippen molar-refractivity contribution < 1.29 is 13.2 Å². The molecule has 4 rings (SSSR count). The van der Waals surface area contributed by atoms with Crippen LogP contribution < -0.4 is 5.32 Å². The molecule has 0 bridgehead atoms. The van der Waals surface area contributed by atoms with Gasteiger partial charge in [-0.2, -0.15) is 9.40 Å². The van der Waals surface area contributed by atoms with E-state index in [1.165, 1.54) is 15.6 Å². The number of rotatable bonds is 4. The van der Waals surface area contributed by atoms with Crippen LogP contribution in [0.15, 0.2) is 35.2 Å². The highest BCUT2D eigenvalue weighted by molar-refractivity contribution is 7.89. The van der Waals surface area contributed by atoms with Crippen LogP contribution in [-0.4, -0.2) is 41.5 Å². The highest BCUT2D eigenvalue weighted by atomic mass is 32.2. The summed E-state index contributed by atoms with van der Waals surface area (Å²) in [5.74, 6) is -0.216. The number of hydrogen-bond donors (Lipinski definition) is 1. The number of hydrogen-bond acceptors (Lipinski definition) is 5. The van der Waals surface area contributed by atoms with Gasteiger partial charge in [-0.3, -0.25) is 9.48 Å². The van der Waals surface area contributed by atoms with Gasteiger partial charge >= 0.3 is 0 Å². The molecule has 1 saturated heterocycles. The second kappa shape index (κ2) is 7.31. The van der Waals surface area contributed by atoms with E-state index in [-0.39, 0.29) is 10.8 Å². The van der Waals surface area contributed by atoms with Gasteiger partial charge in [0.2, 0.25) is 10.0 Å². The van der Waals surface area contributed by atoms with E-state index >= 15 is 0 Å². The predicted molar refractivity (Wildman–Crippen MR) is 110 cm³/mol. The largest absolute Gasteiger partial charge is 0.321 e. The summed E-state index contributed by atoms with van der Waals surface area (Å²) in [6, 6.07) is 8.22. The maximum absolute atomic E-state index is 12.7. The number of carbonyl (C=O) groups excluding carboxylic acids is 1. The quantitative estimate of drug-likeness (QED) is 0.704. The number of piperidine rings is 1. The van der Waals surface area contributed by atoms with Crippen LogP contribution in [0.25, 0.3) is 10.2 Å². The highest BCUT2D eigenvalue weighted by Gasteiger charge is 2.25. The van der Waals surface area contributed by atoms with Gasteiger partial charge in [-0.25, -0.2) is 8.42 Å². The SMILES string of the molecule is Cc1nn(C)c2sc(C(=O)Nc3ccc(S(=O)(=O)N4CCCCC4)cc3)cc12. The molecule has 0 unspecified atom stereocenters. The number of thiophene rings is 1. The van der Waals surface area contributed by atoms with Crippen LogP contribution in [-0.2, 0) is 17.1 Å². The van der Waals surface area contributed by atoms with E-state index in [1.807, 2.05) is 20.0 Å². The van der Waals surface area contributed by atoms with Crippen molar-refractivity contribution in [1.29, 1.82) is 0 Å². The van der Waals surface area contributed by atoms with E-state index in [0.717, 1.165) is 35.2 Å². The van der Waals surface area contributed by atoms with Gasteiger partial charge in [0, 0.05) is 31.2 Å². The fourth-order valence-corrected chi connectivity index (χ4v) is 6.01. The lowest BCUT2D eigenvalue weighted by Gasteiger charge is -2.25. The third kappa shape index (κ3) is 3.45. The molecule has 1 N–H and O–H groups in total. The Bertz CT molecular complexity index is 1090. The van der Waals surface area contributed by atoms with Crippen molar-refractivity contribution in [3.05, 3.63) is 40.9 Å². The van der Waals surface area contributed by atoms with Crippen LogP contribution in [0.5, 0.6) is 0 Å². The summed E-state index contributed by atoms with van der Waals surface area (Å²) in [6.45, 7) is 3.06. The Labute approximate surface area is 168 Å². The van der Waals surface area contributed by atoms with Crippen LogP contribution >= 0.6 is 11.3 Å². The van der Waals surface area contributed by atoms with Crippen LogP contribution in [0.3, 0.4) is 0 Å². The number of anilines is 1. The number of nitrogens with one attached hydrogen (secondary N) is 1. The van der Waals surface area contributed by atoms with Crippen molar-refractivity contribution in [1.82, 2.24) is 14.1 Å². The second-order valence-electron chi connectivity index (χ2n) is 6.98.